The summed E-state index contributed by atoms with van der Waals surface area (Å²) in [5, 5.41) is 14.7. The number of carbonyl (C=O) groups is 3. The molecule has 8 nitrogen and oxygen atoms in total. The molecule has 0 atom stereocenters. The zero-order chi connectivity index (χ0) is 21.8. The van der Waals surface area contributed by atoms with Gasteiger partial charge >= 0.3 is 12.0 Å². The summed E-state index contributed by atoms with van der Waals surface area (Å²) >= 11 is 1.30. The van der Waals surface area contributed by atoms with Crippen molar-refractivity contribution in [1.29, 1.82) is 0 Å². The first-order valence-electron chi connectivity index (χ1n) is 10.5. The number of aromatic carboxylic acids is 1. The zero-order valence-corrected chi connectivity index (χ0v) is 18.0. The number of nitrogens with one attached hydrogen (secondary N) is 2. The maximum Gasteiger partial charge on any atom is 0.345 e. The highest BCUT2D eigenvalue weighted by molar-refractivity contribution is 7.13. The average Bonchev–Trinajstić information content (AvgIpc) is 3.49. The molecule has 3 N–H and O–H groups in total. The molecule has 2 heterocycles. The summed E-state index contributed by atoms with van der Waals surface area (Å²) < 4.78 is 0. The number of carboxylic acid groups (broad SMARTS) is 1. The Bertz CT molecular complexity index is 947. The summed E-state index contributed by atoms with van der Waals surface area (Å²) in [6.07, 6.45) is 2.37. The second kappa shape index (κ2) is 9.49. The van der Waals surface area contributed by atoms with Gasteiger partial charge in [-0.2, -0.15) is 0 Å². The first kappa shape index (κ1) is 21.3. The standard InChI is InChI=1S/C22H26N4O4S/c27-20(16-3-5-17(6-4-16)24-22(30)23-13-15-1-2-15)26-11-9-25(10-12-26)14-18-7-8-19(31-18)21(28)29/h3-8,15H,1-2,9-14H2,(H,28,29)(H2,23,24,30). The monoisotopic (exact) mass is 442 g/mol. The summed E-state index contributed by atoms with van der Waals surface area (Å²) in [6, 6.07) is 10.2. The third kappa shape index (κ3) is 5.83. The third-order valence-corrected chi connectivity index (χ3v) is 6.61. The molecule has 1 aromatic heterocycles. The molecule has 2 aliphatic rings. The van der Waals surface area contributed by atoms with Gasteiger partial charge in [0, 0.05) is 55.4 Å². The number of nitrogens with zero attached hydrogens (tertiary/aromatic N) is 2. The molecule has 0 bridgehead atoms. The summed E-state index contributed by atoms with van der Waals surface area (Å²) in [4.78, 5) is 41.1. The summed E-state index contributed by atoms with van der Waals surface area (Å²) in [5.74, 6) is -0.292. The van der Waals surface area contributed by atoms with Crippen LogP contribution in [0.4, 0.5) is 10.5 Å². The number of piperazine rings is 1. The average molecular weight is 443 g/mol. The SMILES string of the molecule is O=C(NCC1CC1)Nc1ccc(C(=O)N2CCN(Cc3ccc(C(=O)O)s3)CC2)cc1. The van der Waals surface area contributed by atoms with Crippen molar-refractivity contribution >= 4 is 34.9 Å². The Morgan fingerprint density at radius 3 is 2.32 bits per heavy atom. The van der Waals surface area contributed by atoms with E-state index in [4.69, 9.17) is 5.11 Å². The van der Waals surface area contributed by atoms with Crippen molar-refractivity contribution < 1.29 is 19.5 Å². The molecule has 9 heteroatoms. The Hall–Kier alpha value is -2.91. The van der Waals surface area contributed by atoms with Gasteiger partial charge in [-0.25, -0.2) is 9.59 Å². The number of hydrogen-bond acceptors (Lipinski definition) is 5. The van der Waals surface area contributed by atoms with E-state index < -0.39 is 5.97 Å². The van der Waals surface area contributed by atoms with E-state index in [0.717, 1.165) is 18.0 Å². The Kier molecular flexibility index (Phi) is 6.53. The maximum absolute atomic E-state index is 12.8. The Morgan fingerprint density at radius 1 is 1.00 bits per heavy atom. The quantitative estimate of drug-likeness (QED) is 0.612. The normalized spacial score (nSPS) is 16.7. The minimum Gasteiger partial charge on any atom is -0.477 e. The number of thiophene rings is 1. The number of urea groups is 1. The second-order valence-corrected chi connectivity index (χ2v) is 9.16. The van der Waals surface area contributed by atoms with Gasteiger partial charge in [0.05, 0.1) is 0 Å². The Labute approximate surface area is 184 Å². The lowest BCUT2D eigenvalue weighted by molar-refractivity contribution is 0.0628. The fourth-order valence-corrected chi connectivity index (χ4v) is 4.41. The van der Waals surface area contributed by atoms with Crippen LogP contribution < -0.4 is 10.6 Å². The van der Waals surface area contributed by atoms with Crippen LogP contribution in [0.3, 0.4) is 0 Å². The molecule has 0 radical (unpaired) electrons. The molecule has 0 unspecified atom stereocenters. The molecular weight excluding hydrogens is 416 g/mol. The fraction of sp³-hybridized carbons (Fsp3) is 0.409. The van der Waals surface area contributed by atoms with Crippen LogP contribution in [0.2, 0.25) is 0 Å². The van der Waals surface area contributed by atoms with Crippen molar-refractivity contribution in [3.8, 4) is 0 Å². The molecule has 31 heavy (non-hydrogen) atoms. The van der Waals surface area contributed by atoms with Gasteiger partial charge in [-0.05, 0) is 55.2 Å². The smallest absolute Gasteiger partial charge is 0.345 e. The number of hydrogen-bond donors (Lipinski definition) is 3. The number of benzene rings is 1. The van der Waals surface area contributed by atoms with E-state index in [-0.39, 0.29) is 11.9 Å². The summed E-state index contributed by atoms with van der Waals surface area (Å²) in [6.45, 7) is 4.14. The predicted octanol–water partition coefficient (Wildman–Crippen LogP) is 2.94. The van der Waals surface area contributed by atoms with Gasteiger partial charge in [0.15, 0.2) is 0 Å². The van der Waals surface area contributed by atoms with Gasteiger partial charge in [0.1, 0.15) is 4.88 Å². The number of carboxylic acids is 1. The van der Waals surface area contributed by atoms with Gasteiger partial charge in [-0.3, -0.25) is 9.69 Å². The molecule has 1 aliphatic heterocycles. The van der Waals surface area contributed by atoms with Crippen molar-refractivity contribution in [1.82, 2.24) is 15.1 Å². The number of carbonyl (C=O) groups excluding carboxylic acids is 2. The van der Waals surface area contributed by atoms with E-state index in [1.807, 2.05) is 11.0 Å². The van der Waals surface area contributed by atoms with Gasteiger partial charge in [-0.1, -0.05) is 0 Å². The molecule has 3 amide bonds. The second-order valence-electron chi connectivity index (χ2n) is 8.00. The minimum absolute atomic E-state index is 0.0197. The molecule has 1 saturated heterocycles. The number of rotatable bonds is 7. The van der Waals surface area contributed by atoms with Crippen LogP contribution in [0, 0.1) is 5.92 Å². The number of anilines is 1. The summed E-state index contributed by atoms with van der Waals surface area (Å²) in [5.41, 5.74) is 1.26. The first-order valence-corrected chi connectivity index (χ1v) is 11.3. The Morgan fingerprint density at radius 2 is 1.71 bits per heavy atom. The van der Waals surface area contributed by atoms with Crippen molar-refractivity contribution in [3.05, 3.63) is 51.7 Å². The van der Waals surface area contributed by atoms with Crippen LogP contribution in [0.25, 0.3) is 0 Å². The fourth-order valence-electron chi connectivity index (χ4n) is 3.52. The molecule has 164 valence electrons. The summed E-state index contributed by atoms with van der Waals surface area (Å²) in [7, 11) is 0. The predicted molar refractivity (Wildman–Crippen MR) is 119 cm³/mol. The van der Waals surface area contributed by atoms with E-state index in [2.05, 4.69) is 15.5 Å². The Balaban J connectivity index is 1.24. The van der Waals surface area contributed by atoms with Crippen molar-refractivity contribution in [2.75, 3.05) is 38.0 Å². The van der Waals surface area contributed by atoms with Crippen LogP contribution in [-0.2, 0) is 6.54 Å². The van der Waals surface area contributed by atoms with Crippen LogP contribution in [-0.4, -0.2) is 65.5 Å². The van der Waals surface area contributed by atoms with E-state index in [1.54, 1.807) is 30.3 Å². The van der Waals surface area contributed by atoms with Crippen molar-refractivity contribution in [2.24, 2.45) is 5.92 Å². The molecule has 2 fully saturated rings. The molecule has 0 spiro atoms. The van der Waals surface area contributed by atoms with Crippen molar-refractivity contribution in [3.63, 3.8) is 0 Å². The highest BCUT2D eigenvalue weighted by Gasteiger charge is 2.23. The van der Waals surface area contributed by atoms with E-state index in [0.29, 0.717) is 48.2 Å². The molecule has 1 aliphatic carbocycles. The van der Waals surface area contributed by atoms with Crippen LogP contribution in [0.1, 0.15) is 37.7 Å². The molecule has 1 saturated carbocycles. The lowest BCUT2D eigenvalue weighted by atomic mass is 10.1. The first-order chi connectivity index (χ1) is 15.0. The molecule has 4 rings (SSSR count). The van der Waals surface area contributed by atoms with Crippen LogP contribution >= 0.6 is 11.3 Å². The van der Waals surface area contributed by atoms with Gasteiger partial charge in [0.25, 0.3) is 5.91 Å². The van der Waals surface area contributed by atoms with Gasteiger partial charge in [0.2, 0.25) is 0 Å². The van der Waals surface area contributed by atoms with Gasteiger partial charge in [-0.15, -0.1) is 11.3 Å². The lowest BCUT2D eigenvalue weighted by Crippen LogP contribution is -2.48. The lowest BCUT2D eigenvalue weighted by Gasteiger charge is -2.34. The maximum atomic E-state index is 12.8. The van der Waals surface area contributed by atoms with Gasteiger partial charge < -0.3 is 20.6 Å². The third-order valence-electron chi connectivity index (χ3n) is 5.55. The van der Waals surface area contributed by atoms with E-state index in [9.17, 15) is 14.4 Å². The van der Waals surface area contributed by atoms with E-state index in [1.165, 1.54) is 24.2 Å². The zero-order valence-electron chi connectivity index (χ0n) is 17.2. The molecule has 2 aromatic rings. The minimum atomic E-state index is -0.897. The molecular formula is C22H26N4O4S. The molecule has 1 aromatic carbocycles. The van der Waals surface area contributed by atoms with Crippen LogP contribution in [0.15, 0.2) is 36.4 Å². The highest BCUT2D eigenvalue weighted by Crippen LogP contribution is 2.27. The van der Waals surface area contributed by atoms with E-state index >= 15 is 0 Å². The van der Waals surface area contributed by atoms with Crippen LogP contribution in [0.5, 0.6) is 0 Å². The number of amides is 3. The topological polar surface area (TPSA) is 102 Å². The largest absolute Gasteiger partial charge is 0.477 e. The highest BCUT2D eigenvalue weighted by atomic mass is 32.1. The van der Waals surface area contributed by atoms with Crippen molar-refractivity contribution in [2.45, 2.75) is 19.4 Å².